The SMILES string of the molecule is CNC(=O)[C@@H]1CN([C@@H](C)c2ccc(OC(F)F)cc2)C(=O)c2c3c(nn21)C[C@@H](C)N(C(=O)c1ccc(Cl)c(C(F)(F)F)n1)C3. The Kier molecular flexibility index (Phi) is 8.27. The molecule has 0 fully saturated rings. The molecule has 0 unspecified atom stereocenters. The fourth-order valence-electron chi connectivity index (χ4n) is 5.48. The number of amides is 3. The zero-order chi connectivity index (χ0) is 32.1. The number of alkyl halides is 5. The number of aromatic nitrogens is 3. The zero-order valence-electron chi connectivity index (χ0n) is 23.5. The van der Waals surface area contributed by atoms with E-state index in [4.69, 9.17) is 11.6 Å². The van der Waals surface area contributed by atoms with Crippen molar-refractivity contribution in [2.75, 3.05) is 13.6 Å². The van der Waals surface area contributed by atoms with Crippen LogP contribution in [0.4, 0.5) is 22.0 Å². The molecule has 2 aliphatic heterocycles. The molecule has 1 aromatic carbocycles. The summed E-state index contributed by atoms with van der Waals surface area (Å²) in [7, 11) is 1.44. The maximum Gasteiger partial charge on any atom is 0.434 e. The van der Waals surface area contributed by atoms with E-state index in [9.17, 15) is 36.3 Å². The smallest absolute Gasteiger partial charge is 0.434 e. The second-order valence-corrected chi connectivity index (χ2v) is 10.8. The second-order valence-electron chi connectivity index (χ2n) is 10.4. The Balaban J connectivity index is 1.50. The number of hydrogen-bond acceptors (Lipinski definition) is 6. The number of nitrogens with one attached hydrogen (secondary N) is 1. The molecule has 10 nitrogen and oxygen atoms in total. The number of pyridine rings is 1. The number of carbonyl (C=O) groups is 3. The number of rotatable bonds is 6. The van der Waals surface area contributed by atoms with Crippen molar-refractivity contribution < 1.29 is 41.1 Å². The molecular weight excluding hydrogens is 615 g/mol. The number of likely N-dealkylation sites (N-methyl/N-ethyl adjacent to an activating group) is 1. The molecule has 0 saturated heterocycles. The van der Waals surface area contributed by atoms with Crippen molar-refractivity contribution in [2.45, 2.75) is 57.7 Å². The normalized spacial score (nSPS) is 19.0. The van der Waals surface area contributed by atoms with Crippen LogP contribution in [0.15, 0.2) is 36.4 Å². The molecule has 4 heterocycles. The van der Waals surface area contributed by atoms with Gasteiger partial charge in [0.25, 0.3) is 11.8 Å². The van der Waals surface area contributed by atoms with Gasteiger partial charge in [0, 0.05) is 25.1 Å². The van der Waals surface area contributed by atoms with E-state index in [0.717, 1.165) is 12.1 Å². The van der Waals surface area contributed by atoms with Crippen molar-refractivity contribution in [2.24, 2.45) is 0 Å². The van der Waals surface area contributed by atoms with Crippen molar-refractivity contribution in [1.82, 2.24) is 29.9 Å². The molecule has 0 bridgehead atoms. The first-order chi connectivity index (χ1) is 20.7. The highest BCUT2D eigenvalue weighted by molar-refractivity contribution is 6.31. The summed E-state index contributed by atoms with van der Waals surface area (Å²) in [6, 6.07) is 5.71. The van der Waals surface area contributed by atoms with Crippen molar-refractivity contribution in [3.8, 4) is 5.75 Å². The summed E-state index contributed by atoms with van der Waals surface area (Å²) in [5.74, 6) is -1.78. The van der Waals surface area contributed by atoms with Crippen LogP contribution in [0.2, 0.25) is 5.02 Å². The van der Waals surface area contributed by atoms with Gasteiger partial charge in [0.05, 0.1) is 29.8 Å². The van der Waals surface area contributed by atoms with Crippen LogP contribution >= 0.6 is 11.6 Å². The Morgan fingerprint density at radius 1 is 1.14 bits per heavy atom. The molecule has 3 amide bonds. The average Bonchev–Trinajstić information content (AvgIpc) is 3.34. The predicted molar refractivity (Wildman–Crippen MR) is 145 cm³/mol. The standard InChI is InChI=1S/C28H26ClF5N6O4/c1-13-10-20-17(11-38(13)25(42)19-9-8-18(29)23(36-19)28(32,33)34)22-26(43)39(12-21(24(41)35-3)40(22)37-20)14(2)15-4-6-16(7-5-15)44-27(30)31/h4-9,13-14,21,27H,10-12H2,1-3H3,(H,35,41)/t13-,14+,21+/m1/s1. The van der Waals surface area contributed by atoms with Gasteiger partial charge in [-0.2, -0.15) is 27.1 Å². The number of benzene rings is 1. The van der Waals surface area contributed by atoms with Crippen LogP contribution in [0.5, 0.6) is 5.75 Å². The molecule has 0 radical (unpaired) electrons. The highest BCUT2D eigenvalue weighted by Gasteiger charge is 2.44. The molecule has 5 rings (SSSR count). The molecule has 2 aliphatic rings. The molecule has 0 saturated carbocycles. The van der Waals surface area contributed by atoms with Gasteiger partial charge in [0.15, 0.2) is 5.69 Å². The largest absolute Gasteiger partial charge is 0.435 e. The van der Waals surface area contributed by atoms with Gasteiger partial charge in [0.2, 0.25) is 5.91 Å². The van der Waals surface area contributed by atoms with Gasteiger partial charge in [-0.25, -0.2) is 9.67 Å². The van der Waals surface area contributed by atoms with Crippen LogP contribution in [0.3, 0.4) is 0 Å². The lowest BCUT2D eigenvalue weighted by molar-refractivity contribution is -0.141. The van der Waals surface area contributed by atoms with Crippen LogP contribution in [0.25, 0.3) is 0 Å². The number of fused-ring (bicyclic) bond motifs is 3. The zero-order valence-corrected chi connectivity index (χ0v) is 24.3. The topological polar surface area (TPSA) is 110 Å². The molecule has 1 N–H and O–H groups in total. The van der Waals surface area contributed by atoms with Crippen molar-refractivity contribution in [1.29, 1.82) is 0 Å². The number of hydrogen-bond donors (Lipinski definition) is 1. The maximum absolute atomic E-state index is 14.0. The lowest BCUT2D eigenvalue weighted by atomic mass is 9.96. The fraction of sp³-hybridized carbons (Fsp3) is 0.393. The average molecular weight is 641 g/mol. The molecule has 0 aliphatic carbocycles. The van der Waals surface area contributed by atoms with Gasteiger partial charge >= 0.3 is 12.8 Å². The first-order valence-electron chi connectivity index (χ1n) is 13.4. The quantitative estimate of drug-likeness (QED) is 0.393. The highest BCUT2D eigenvalue weighted by atomic mass is 35.5. The third-order valence-corrected chi connectivity index (χ3v) is 8.07. The minimum Gasteiger partial charge on any atom is -0.435 e. The first-order valence-corrected chi connectivity index (χ1v) is 13.8. The van der Waals surface area contributed by atoms with Crippen LogP contribution in [0.1, 0.15) is 69.4 Å². The maximum atomic E-state index is 14.0. The molecule has 2 aromatic heterocycles. The molecule has 234 valence electrons. The van der Waals surface area contributed by atoms with Gasteiger partial charge in [-0.05, 0) is 43.7 Å². The Morgan fingerprint density at radius 2 is 1.82 bits per heavy atom. The van der Waals surface area contributed by atoms with Crippen molar-refractivity contribution in [3.63, 3.8) is 0 Å². The highest BCUT2D eigenvalue weighted by Crippen LogP contribution is 2.37. The summed E-state index contributed by atoms with van der Waals surface area (Å²) in [6.07, 6.45) is -4.72. The van der Waals surface area contributed by atoms with Crippen LogP contribution in [0, 0.1) is 0 Å². The van der Waals surface area contributed by atoms with Gasteiger partial charge in [-0.3, -0.25) is 14.4 Å². The van der Waals surface area contributed by atoms with Gasteiger partial charge in [-0.15, -0.1) is 0 Å². The second kappa shape index (κ2) is 11.7. The summed E-state index contributed by atoms with van der Waals surface area (Å²) in [6.45, 7) is 0.161. The molecule has 0 spiro atoms. The van der Waals surface area contributed by atoms with E-state index >= 15 is 0 Å². The predicted octanol–water partition coefficient (Wildman–Crippen LogP) is 4.64. The summed E-state index contributed by atoms with van der Waals surface area (Å²) in [4.78, 5) is 46.7. The van der Waals surface area contributed by atoms with Gasteiger partial charge < -0.3 is 19.9 Å². The van der Waals surface area contributed by atoms with E-state index in [0.29, 0.717) is 16.8 Å². The van der Waals surface area contributed by atoms with E-state index < -0.39 is 65.0 Å². The molecule has 3 aromatic rings. The Labute approximate surface area is 252 Å². The first kappa shape index (κ1) is 31.2. The number of halogens is 6. The van der Waals surface area contributed by atoms with Crippen molar-refractivity contribution >= 4 is 29.3 Å². The van der Waals surface area contributed by atoms with E-state index in [1.165, 1.54) is 45.8 Å². The van der Waals surface area contributed by atoms with Gasteiger partial charge in [0.1, 0.15) is 23.2 Å². The molecule has 16 heteroatoms. The van der Waals surface area contributed by atoms with E-state index in [-0.39, 0.29) is 31.0 Å². The third kappa shape index (κ3) is 5.67. The summed E-state index contributed by atoms with van der Waals surface area (Å²) in [5.41, 5.74) is -0.381. The van der Waals surface area contributed by atoms with Crippen molar-refractivity contribution in [3.05, 3.63) is 75.3 Å². The summed E-state index contributed by atoms with van der Waals surface area (Å²) in [5, 5.41) is 6.50. The lowest BCUT2D eigenvalue weighted by Gasteiger charge is -2.38. The van der Waals surface area contributed by atoms with Crippen LogP contribution < -0.4 is 10.1 Å². The minimum atomic E-state index is -4.88. The number of carbonyl (C=O) groups excluding carboxylic acids is 3. The number of nitrogens with zero attached hydrogens (tertiary/aromatic N) is 5. The van der Waals surface area contributed by atoms with Crippen LogP contribution in [-0.4, -0.2) is 68.5 Å². The monoisotopic (exact) mass is 640 g/mol. The molecular formula is C28H26ClF5N6O4. The van der Waals surface area contributed by atoms with Crippen LogP contribution in [-0.2, 0) is 23.9 Å². The summed E-state index contributed by atoms with van der Waals surface area (Å²) < 4.78 is 71.2. The third-order valence-electron chi connectivity index (χ3n) is 7.77. The van der Waals surface area contributed by atoms with E-state index in [1.807, 2.05) is 0 Å². The lowest BCUT2D eigenvalue weighted by Crippen LogP contribution is -2.49. The van der Waals surface area contributed by atoms with E-state index in [1.54, 1.807) is 13.8 Å². The van der Waals surface area contributed by atoms with Gasteiger partial charge in [-0.1, -0.05) is 23.7 Å². The fourth-order valence-corrected chi connectivity index (χ4v) is 5.69. The Bertz CT molecular complexity index is 1610. The Morgan fingerprint density at radius 3 is 2.43 bits per heavy atom. The van der Waals surface area contributed by atoms with E-state index in [2.05, 4.69) is 20.1 Å². The molecule has 44 heavy (non-hydrogen) atoms. The number of ether oxygens (including phenoxy) is 1. The minimum absolute atomic E-state index is 0.0599. The summed E-state index contributed by atoms with van der Waals surface area (Å²) >= 11 is 5.68. The Hall–Kier alpha value is -4.27. The molecule has 3 atom stereocenters.